The Kier molecular flexibility index (Phi) is 4.02. The number of rotatable bonds is 4. The van der Waals surface area contributed by atoms with E-state index in [0.717, 1.165) is 5.01 Å². The van der Waals surface area contributed by atoms with Gasteiger partial charge in [-0.1, -0.05) is 11.3 Å². The number of anilines is 1. The average molecular weight is 228 g/mol. The second kappa shape index (κ2) is 5.06. The maximum atomic E-state index is 11.7. The Bertz CT molecular complexity index is 339. The topological polar surface area (TPSA) is 58.1 Å². The van der Waals surface area contributed by atoms with E-state index >= 15 is 0 Å². The molecule has 6 heteroatoms. The highest BCUT2D eigenvalue weighted by atomic mass is 32.1. The lowest BCUT2D eigenvalue weighted by molar-refractivity contribution is -0.130. The molecule has 0 aliphatic heterocycles. The molecule has 1 aromatic heterocycles. The quantitative estimate of drug-likeness (QED) is 0.839. The Morgan fingerprint density at radius 1 is 1.60 bits per heavy atom. The van der Waals surface area contributed by atoms with Crippen molar-refractivity contribution in [3.05, 3.63) is 5.01 Å². The number of hydrogen-bond acceptors (Lipinski definition) is 5. The molecule has 1 unspecified atom stereocenters. The average Bonchev–Trinajstić information content (AvgIpc) is 2.61. The Hall–Kier alpha value is -1.17. The molecule has 0 saturated heterocycles. The van der Waals surface area contributed by atoms with Crippen molar-refractivity contribution < 1.29 is 4.79 Å². The van der Waals surface area contributed by atoms with Crippen LogP contribution in [0, 0.1) is 6.92 Å². The first-order valence-electron chi connectivity index (χ1n) is 4.86. The smallest absolute Gasteiger partial charge is 0.244 e. The number of carbonyl (C=O) groups excluding carboxylic acids is 1. The van der Waals surface area contributed by atoms with Gasteiger partial charge in [-0.25, -0.2) is 0 Å². The number of aryl methyl sites for hydroxylation is 1. The molecule has 84 valence electrons. The van der Waals surface area contributed by atoms with Gasteiger partial charge in [0.1, 0.15) is 11.0 Å². The lowest BCUT2D eigenvalue weighted by Gasteiger charge is -2.19. The van der Waals surface area contributed by atoms with Crippen LogP contribution in [0.5, 0.6) is 0 Å². The number of carbonyl (C=O) groups is 1. The summed E-state index contributed by atoms with van der Waals surface area (Å²) < 4.78 is 0. The molecule has 0 saturated carbocycles. The van der Waals surface area contributed by atoms with E-state index in [4.69, 9.17) is 0 Å². The van der Waals surface area contributed by atoms with Crippen molar-refractivity contribution in [2.24, 2.45) is 0 Å². The summed E-state index contributed by atoms with van der Waals surface area (Å²) in [5.74, 6) is 0.0605. The van der Waals surface area contributed by atoms with E-state index in [1.54, 1.807) is 11.9 Å². The van der Waals surface area contributed by atoms with Gasteiger partial charge in [0, 0.05) is 13.6 Å². The standard InChI is InChI=1S/C9H16N4OS/c1-5-13(4)8(14)6(2)10-9-12-11-7(3)15-9/h6H,5H2,1-4H3,(H,10,12). The molecular formula is C9H16N4OS. The first kappa shape index (κ1) is 11.9. The minimum Gasteiger partial charge on any atom is -0.349 e. The van der Waals surface area contributed by atoms with Crippen LogP contribution >= 0.6 is 11.3 Å². The number of amides is 1. The van der Waals surface area contributed by atoms with Crippen LogP contribution in [0.15, 0.2) is 0 Å². The maximum Gasteiger partial charge on any atom is 0.244 e. The first-order chi connectivity index (χ1) is 7.04. The predicted octanol–water partition coefficient (Wildman–Crippen LogP) is 1.13. The third-order valence-electron chi connectivity index (χ3n) is 2.09. The molecular weight excluding hydrogens is 212 g/mol. The van der Waals surface area contributed by atoms with Crippen LogP contribution in [0.25, 0.3) is 0 Å². The fraction of sp³-hybridized carbons (Fsp3) is 0.667. The Morgan fingerprint density at radius 2 is 2.27 bits per heavy atom. The highest BCUT2D eigenvalue weighted by Gasteiger charge is 2.17. The summed E-state index contributed by atoms with van der Waals surface area (Å²) in [6, 6.07) is -0.262. The van der Waals surface area contributed by atoms with Crippen LogP contribution < -0.4 is 5.32 Å². The molecule has 5 nitrogen and oxygen atoms in total. The Labute approximate surface area is 93.5 Å². The van der Waals surface area contributed by atoms with Crippen LogP contribution in [-0.2, 0) is 4.79 Å². The van der Waals surface area contributed by atoms with E-state index in [9.17, 15) is 4.79 Å². The minimum atomic E-state index is -0.262. The summed E-state index contributed by atoms with van der Waals surface area (Å²) >= 11 is 1.45. The van der Waals surface area contributed by atoms with Crippen molar-refractivity contribution in [3.8, 4) is 0 Å². The number of likely N-dealkylation sites (N-methyl/N-ethyl adjacent to an activating group) is 1. The molecule has 0 radical (unpaired) electrons. The SMILES string of the molecule is CCN(C)C(=O)C(C)Nc1nnc(C)s1. The first-order valence-corrected chi connectivity index (χ1v) is 5.67. The highest BCUT2D eigenvalue weighted by molar-refractivity contribution is 7.15. The van der Waals surface area contributed by atoms with E-state index in [0.29, 0.717) is 11.7 Å². The molecule has 1 aromatic rings. The molecule has 1 atom stereocenters. The normalized spacial score (nSPS) is 12.3. The van der Waals surface area contributed by atoms with Crippen molar-refractivity contribution in [2.75, 3.05) is 18.9 Å². The monoisotopic (exact) mass is 228 g/mol. The summed E-state index contributed by atoms with van der Waals surface area (Å²) in [5, 5.41) is 12.4. The van der Waals surface area contributed by atoms with Crippen LogP contribution in [0.4, 0.5) is 5.13 Å². The lowest BCUT2D eigenvalue weighted by atomic mass is 10.3. The fourth-order valence-electron chi connectivity index (χ4n) is 1.09. The van der Waals surface area contributed by atoms with Crippen LogP contribution in [0.2, 0.25) is 0 Å². The second-order valence-electron chi connectivity index (χ2n) is 3.34. The summed E-state index contributed by atoms with van der Waals surface area (Å²) in [5.41, 5.74) is 0. The van der Waals surface area contributed by atoms with Crippen molar-refractivity contribution in [1.82, 2.24) is 15.1 Å². The zero-order valence-corrected chi connectivity index (χ0v) is 10.3. The number of aromatic nitrogens is 2. The summed E-state index contributed by atoms with van der Waals surface area (Å²) in [6.45, 7) is 6.36. The highest BCUT2D eigenvalue weighted by Crippen LogP contribution is 2.14. The molecule has 0 aliphatic rings. The van der Waals surface area contributed by atoms with Gasteiger partial charge in [0.05, 0.1) is 0 Å². The number of nitrogens with zero attached hydrogens (tertiary/aromatic N) is 3. The van der Waals surface area contributed by atoms with E-state index in [1.807, 2.05) is 20.8 Å². The molecule has 1 amide bonds. The van der Waals surface area contributed by atoms with Crippen molar-refractivity contribution in [1.29, 1.82) is 0 Å². The summed E-state index contributed by atoms with van der Waals surface area (Å²) in [6.07, 6.45) is 0. The molecule has 0 fully saturated rings. The van der Waals surface area contributed by atoms with Gasteiger partial charge >= 0.3 is 0 Å². The van der Waals surface area contributed by atoms with Crippen molar-refractivity contribution in [3.63, 3.8) is 0 Å². The second-order valence-corrected chi connectivity index (χ2v) is 4.53. The van der Waals surface area contributed by atoms with Crippen LogP contribution in [-0.4, -0.2) is 40.6 Å². The Balaban J connectivity index is 2.55. The van der Waals surface area contributed by atoms with Crippen molar-refractivity contribution in [2.45, 2.75) is 26.8 Å². The van der Waals surface area contributed by atoms with Crippen molar-refractivity contribution >= 4 is 22.4 Å². The summed E-state index contributed by atoms with van der Waals surface area (Å²) in [4.78, 5) is 13.4. The third kappa shape index (κ3) is 3.16. The lowest BCUT2D eigenvalue weighted by Crippen LogP contribution is -2.38. The van der Waals surface area contributed by atoms with Gasteiger partial charge in [-0.05, 0) is 20.8 Å². The van der Waals surface area contributed by atoms with Crippen LogP contribution in [0.3, 0.4) is 0 Å². The van der Waals surface area contributed by atoms with Gasteiger partial charge in [0.25, 0.3) is 0 Å². The van der Waals surface area contributed by atoms with E-state index in [-0.39, 0.29) is 11.9 Å². The zero-order valence-electron chi connectivity index (χ0n) is 9.44. The van der Waals surface area contributed by atoms with Gasteiger partial charge in [0.15, 0.2) is 0 Å². The molecule has 1 N–H and O–H groups in total. The maximum absolute atomic E-state index is 11.7. The van der Waals surface area contributed by atoms with Gasteiger partial charge in [0.2, 0.25) is 11.0 Å². The van der Waals surface area contributed by atoms with E-state index < -0.39 is 0 Å². The molecule has 1 rings (SSSR count). The fourth-order valence-corrected chi connectivity index (χ4v) is 1.77. The molecule has 0 aromatic carbocycles. The Morgan fingerprint density at radius 3 is 2.73 bits per heavy atom. The largest absolute Gasteiger partial charge is 0.349 e. The predicted molar refractivity (Wildman–Crippen MR) is 61.0 cm³/mol. The molecule has 0 spiro atoms. The minimum absolute atomic E-state index is 0.0605. The molecule has 0 aliphatic carbocycles. The number of hydrogen-bond donors (Lipinski definition) is 1. The molecule has 15 heavy (non-hydrogen) atoms. The zero-order chi connectivity index (χ0) is 11.4. The van der Waals surface area contributed by atoms with Gasteiger partial charge in [-0.15, -0.1) is 10.2 Å². The van der Waals surface area contributed by atoms with E-state index in [2.05, 4.69) is 15.5 Å². The van der Waals surface area contributed by atoms with Gasteiger partial charge in [-0.3, -0.25) is 4.79 Å². The third-order valence-corrected chi connectivity index (χ3v) is 2.86. The molecule has 1 heterocycles. The summed E-state index contributed by atoms with van der Waals surface area (Å²) in [7, 11) is 1.78. The van der Waals surface area contributed by atoms with Gasteiger partial charge < -0.3 is 10.2 Å². The number of nitrogens with one attached hydrogen (secondary N) is 1. The van der Waals surface area contributed by atoms with Crippen LogP contribution in [0.1, 0.15) is 18.9 Å². The van der Waals surface area contributed by atoms with E-state index in [1.165, 1.54) is 11.3 Å². The van der Waals surface area contributed by atoms with Gasteiger partial charge in [-0.2, -0.15) is 0 Å². The molecule has 0 bridgehead atoms.